The van der Waals surface area contributed by atoms with Gasteiger partial charge in [0.2, 0.25) is 5.91 Å². The van der Waals surface area contributed by atoms with E-state index in [9.17, 15) is 4.79 Å². The number of anilines is 1. The van der Waals surface area contributed by atoms with Crippen molar-refractivity contribution in [3.05, 3.63) is 29.3 Å². The van der Waals surface area contributed by atoms with Crippen molar-refractivity contribution in [2.45, 2.75) is 58.3 Å². The Balaban J connectivity index is 1.69. The second kappa shape index (κ2) is 5.99. The summed E-state index contributed by atoms with van der Waals surface area (Å²) in [6, 6.07) is 6.42. The number of carbonyl (C=O) groups excluding carboxylic acids is 1. The van der Waals surface area contributed by atoms with Gasteiger partial charge in [-0.25, -0.2) is 0 Å². The summed E-state index contributed by atoms with van der Waals surface area (Å²) >= 11 is 0. The van der Waals surface area contributed by atoms with Gasteiger partial charge in [-0.1, -0.05) is 43.9 Å². The first-order valence-corrected chi connectivity index (χ1v) is 8.14. The summed E-state index contributed by atoms with van der Waals surface area (Å²) < 4.78 is 0. The Morgan fingerprint density at radius 2 is 2.05 bits per heavy atom. The lowest BCUT2D eigenvalue weighted by atomic mass is 9.96. The van der Waals surface area contributed by atoms with Gasteiger partial charge in [-0.3, -0.25) is 4.79 Å². The van der Waals surface area contributed by atoms with Crippen LogP contribution in [0.3, 0.4) is 0 Å². The largest absolute Gasteiger partial charge is 0.312 e. The lowest BCUT2D eigenvalue weighted by Crippen LogP contribution is -2.36. The Morgan fingerprint density at radius 3 is 2.85 bits per heavy atom. The maximum atomic E-state index is 12.6. The van der Waals surface area contributed by atoms with Gasteiger partial charge in [0.25, 0.3) is 0 Å². The third-order valence-electron chi connectivity index (χ3n) is 4.96. The fourth-order valence-electron chi connectivity index (χ4n) is 3.86. The zero-order valence-corrected chi connectivity index (χ0v) is 12.5. The smallest absolute Gasteiger partial charge is 0.227 e. The summed E-state index contributed by atoms with van der Waals surface area (Å²) in [4.78, 5) is 14.7. The average Bonchev–Trinajstić information content (AvgIpc) is 2.98. The summed E-state index contributed by atoms with van der Waals surface area (Å²) in [6.07, 6.45) is 9.45. The number of nitrogens with zero attached hydrogens (tertiary/aromatic N) is 1. The van der Waals surface area contributed by atoms with E-state index in [1.165, 1.54) is 42.5 Å². The zero-order valence-electron chi connectivity index (χ0n) is 12.5. The van der Waals surface area contributed by atoms with E-state index in [4.69, 9.17) is 0 Å². The van der Waals surface area contributed by atoms with Crippen LogP contribution in [-0.4, -0.2) is 12.5 Å². The predicted molar refractivity (Wildman–Crippen MR) is 83.0 cm³/mol. The Kier molecular flexibility index (Phi) is 4.09. The van der Waals surface area contributed by atoms with E-state index in [2.05, 4.69) is 30.0 Å². The molecule has 1 heterocycles. The summed E-state index contributed by atoms with van der Waals surface area (Å²) in [5, 5.41) is 0. The van der Waals surface area contributed by atoms with E-state index in [-0.39, 0.29) is 0 Å². The van der Waals surface area contributed by atoms with Gasteiger partial charge in [0.05, 0.1) is 0 Å². The lowest BCUT2D eigenvalue weighted by molar-refractivity contribution is -0.119. The molecule has 1 fully saturated rings. The second-order valence-corrected chi connectivity index (χ2v) is 6.42. The molecule has 1 aromatic rings. The molecule has 0 radical (unpaired) electrons. The van der Waals surface area contributed by atoms with Crippen LogP contribution in [0.1, 0.15) is 56.1 Å². The van der Waals surface area contributed by atoms with E-state index < -0.39 is 0 Å². The number of amides is 1. The number of rotatable bonds is 3. The number of hydrogen-bond acceptors (Lipinski definition) is 1. The number of fused-ring (bicyclic) bond motifs is 1. The van der Waals surface area contributed by atoms with Gasteiger partial charge in [-0.05, 0) is 43.2 Å². The standard InChI is InChI=1S/C18H25NO/c1-14-6-4-9-16-10-5-13-19(18(14)16)17(20)12-11-15-7-2-3-8-15/h4,6,9,15H,2-3,5,7-8,10-13H2,1H3. The zero-order chi connectivity index (χ0) is 13.9. The van der Waals surface area contributed by atoms with Gasteiger partial charge in [0.1, 0.15) is 0 Å². The Bertz CT molecular complexity index is 488. The number of benzene rings is 1. The minimum Gasteiger partial charge on any atom is -0.312 e. The van der Waals surface area contributed by atoms with Crippen molar-refractivity contribution in [2.24, 2.45) is 5.92 Å². The highest BCUT2D eigenvalue weighted by atomic mass is 16.2. The van der Waals surface area contributed by atoms with Crippen LogP contribution in [0.25, 0.3) is 0 Å². The lowest BCUT2D eigenvalue weighted by Gasteiger charge is -2.31. The Hall–Kier alpha value is -1.31. The molecule has 1 aliphatic heterocycles. The maximum Gasteiger partial charge on any atom is 0.227 e. The molecule has 2 heteroatoms. The molecule has 0 N–H and O–H groups in total. The molecule has 2 nitrogen and oxygen atoms in total. The van der Waals surface area contributed by atoms with Crippen molar-refractivity contribution in [1.29, 1.82) is 0 Å². The van der Waals surface area contributed by atoms with Gasteiger partial charge in [0.15, 0.2) is 0 Å². The molecule has 108 valence electrons. The topological polar surface area (TPSA) is 20.3 Å². The molecule has 0 atom stereocenters. The van der Waals surface area contributed by atoms with E-state index >= 15 is 0 Å². The molecular formula is C18H25NO. The summed E-state index contributed by atoms with van der Waals surface area (Å²) in [5.41, 5.74) is 3.80. The number of aryl methyl sites for hydroxylation is 2. The van der Waals surface area contributed by atoms with Gasteiger partial charge < -0.3 is 4.90 Å². The Labute approximate surface area is 122 Å². The summed E-state index contributed by atoms with van der Waals surface area (Å²) in [6.45, 7) is 3.03. The molecule has 0 bridgehead atoms. The number of para-hydroxylation sites is 1. The molecule has 0 saturated heterocycles. The van der Waals surface area contributed by atoms with Gasteiger partial charge in [0, 0.05) is 18.7 Å². The van der Waals surface area contributed by atoms with E-state index in [0.29, 0.717) is 5.91 Å². The van der Waals surface area contributed by atoms with Gasteiger partial charge in [-0.2, -0.15) is 0 Å². The van der Waals surface area contributed by atoms with Gasteiger partial charge in [-0.15, -0.1) is 0 Å². The third-order valence-corrected chi connectivity index (χ3v) is 4.96. The van der Waals surface area contributed by atoms with Crippen LogP contribution in [0.5, 0.6) is 0 Å². The maximum absolute atomic E-state index is 12.6. The minimum absolute atomic E-state index is 0.340. The average molecular weight is 271 g/mol. The van der Waals surface area contributed by atoms with Crippen molar-refractivity contribution in [3.63, 3.8) is 0 Å². The van der Waals surface area contributed by atoms with E-state index in [0.717, 1.165) is 38.1 Å². The van der Waals surface area contributed by atoms with Crippen molar-refractivity contribution >= 4 is 11.6 Å². The molecule has 2 aliphatic rings. The SMILES string of the molecule is Cc1cccc2c1N(C(=O)CCC1CCCC1)CCC2. The minimum atomic E-state index is 0.340. The van der Waals surface area contributed by atoms with Crippen LogP contribution in [0.2, 0.25) is 0 Å². The van der Waals surface area contributed by atoms with Crippen molar-refractivity contribution in [2.75, 3.05) is 11.4 Å². The molecule has 1 aliphatic carbocycles. The quantitative estimate of drug-likeness (QED) is 0.805. The van der Waals surface area contributed by atoms with Crippen molar-refractivity contribution in [3.8, 4) is 0 Å². The summed E-state index contributed by atoms with van der Waals surface area (Å²) in [7, 11) is 0. The number of hydrogen-bond donors (Lipinski definition) is 0. The third kappa shape index (κ3) is 2.74. The first kappa shape index (κ1) is 13.7. The monoisotopic (exact) mass is 271 g/mol. The highest BCUT2D eigenvalue weighted by Gasteiger charge is 2.25. The highest BCUT2D eigenvalue weighted by molar-refractivity contribution is 5.95. The Morgan fingerprint density at radius 1 is 1.25 bits per heavy atom. The molecule has 1 aromatic carbocycles. The van der Waals surface area contributed by atoms with Crippen molar-refractivity contribution < 1.29 is 4.79 Å². The first-order valence-electron chi connectivity index (χ1n) is 8.14. The predicted octanol–water partition coefficient (Wildman–Crippen LogP) is 4.24. The van der Waals surface area contributed by atoms with E-state index in [1.807, 2.05) is 0 Å². The molecule has 0 unspecified atom stereocenters. The molecule has 0 aromatic heterocycles. The molecule has 3 rings (SSSR count). The van der Waals surface area contributed by atoms with Gasteiger partial charge >= 0.3 is 0 Å². The molecule has 0 spiro atoms. The fraction of sp³-hybridized carbons (Fsp3) is 0.611. The van der Waals surface area contributed by atoms with Crippen LogP contribution >= 0.6 is 0 Å². The fourth-order valence-corrected chi connectivity index (χ4v) is 3.86. The molecule has 1 saturated carbocycles. The normalized spacial score (nSPS) is 19.1. The van der Waals surface area contributed by atoms with E-state index in [1.54, 1.807) is 0 Å². The number of carbonyl (C=O) groups is 1. The molecular weight excluding hydrogens is 246 g/mol. The van der Waals surface area contributed by atoms with Crippen LogP contribution in [0.15, 0.2) is 18.2 Å². The van der Waals surface area contributed by atoms with Crippen LogP contribution < -0.4 is 4.90 Å². The first-order chi connectivity index (χ1) is 9.75. The molecule has 20 heavy (non-hydrogen) atoms. The second-order valence-electron chi connectivity index (χ2n) is 6.42. The van der Waals surface area contributed by atoms with Crippen LogP contribution in [0, 0.1) is 12.8 Å². The summed E-state index contributed by atoms with van der Waals surface area (Å²) in [5.74, 6) is 1.15. The van der Waals surface area contributed by atoms with Crippen LogP contribution in [-0.2, 0) is 11.2 Å². The van der Waals surface area contributed by atoms with Crippen molar-refractivity contribution in [1.82, 2.24) is 0 Å². The molecule has 1 amide bonds. The van der Waals surface area contributed by atoms with Crippen LogP contribution in [0.4, 0.5) is 5.69 Å². The highest BCUT2D eigenvalue weighted by Crippen LogP contribution is 2.33.